The van der Waals surface area contributed by atoms with Crippen molar-refractivity contribution >= 4 is 11.6 Å². The predicted molar refractivity (Wildman–Crippen MR) is 68.5 cm³/mol. The average Bonchev–Trinajstić information content (AvgIpc) is 2.35. The average molecular weight is 249 g/mol. The highest BCUT2D eigenvalue weighted by Gasteiger charge is 2.08. The van der Waals surface area contributed by atoms with E-state index in [1.54, 1.807) is 18.5 Å². The monoisotopic (exact) mass is 248 g/mol. The number of nitrogens with zero attached hydrogens (tertiary/aromatic N) is 1. The zero-order chi connectivity index (χ0) is 12.1. The summed E-state index contributed by atoms with van der Waals surface area (Å²) >= 11 is 6.13. The molecule has 0 bridgehead atoms. The Bertz CT molecular complexity index is 488. The maximum absolute atomic E-state index is 6.13. The van der Waals surface area contributed by atoms with Gasteiger partial charge in [-0.2, -0.15) is 0 Å². The van der Waals surface area contributed by atoms with Gasteiger partial charge in [-0.3, -0.25) is 4.98 Å². The van der Waals surface area contributed by atoms with Crippen LogP contribution in [0.3, 0.4) is 0 Å². The molecule has 0 amide bonds. The third-order valence-electron chi connectivity index (χ3n) is 2.32. The number of para-hydroxylation sites is 1. The number of nitrogens with two attached hydrogens (primary N) is 1. The SMILES string of the molecule is NCCc1cccc(Cl)c1Oc1cccnc1. The van der Waals surface area contributed by atoms with E-state index in [0.717, 1.165) is 12.0 Å². The van der Waals surface area contributed by atoms with Gasteiger partial charge in [-0.15, -0.1) is 0 Å². The van der Waals surface area contributed by atoms with E-state index < -0.39 is 0 Å². The molecule has 1 aromatic carbocycles. The Morgan fingerprint density at radius 1 is 1.24 bits per heavy atom. The predicted octanol–water partition coefficient (Wildman–Crippen LogP) is 3.03. The first kappa shape index (κ1) is 11.9. The van der Waals surface area contributed by atoms with Crippen LogP contribution < -0.4 is 10.5 Å². The highest BCUT2D eigenvalue weighted by Crippen LogP contribution is 2.32. The van der Waals surface area contributed by atoms with Crippen LogP contribution in [-0.2, 0) is 6.42 Å². The van der Waals surface area contributed by atoms with Crippen LogP contribution in [0.4, 0.5) is 0 Å². The van der Waals surface area contributed by atoms with Crippen LogP contribution in [0.2, 0.25) is 5.02 Å². The molecule has 0 saturated carbocycles. The van der Waals surface area contributed by atoms with Crippen molar-refractivity contribution in [3.63, 3.8) is 0 Å². The van der Waals surface area contributed by atoms with Crippen molar-refractivity contribution in [3.8, 4) is 11.5 Å². The van der Waals surface area contributed by atoms with Gasteiger partial charge in [0, 0.05) is 6.20 Å². The van der Waals surface area contributed by atoms with Crippen LogP contribution in [0, 0.1) is 0 Å². The van der Waals surface area contributed by atoms with Crippen molar-refractivity contribution in [1.29, 1.82) is 0 Å². The number of benzene rings is 1. The highest BCUT2D eigenvalue weighted by atomic mass is 35.5. The third kappa shape index (κ3) is 2.96. The number of hydrogen-bond donors (Lipinski definition) is 1. The number of rotatable bonds is 4. The largest absolute Gasteiger partial charge is 0.454 e. The number of pyridine rings is 1. The van der Waals surface area contributed by atoms with Gasteiger partial charge in [0.15, 0.2) is 0 Å². The molecule has 0 saturated heterocycles. The molecule has 0 unspecified atom stereocenters. The van der Waals surface area contributed by atoms with Crippen LogP contribution in [0.5, 0.6) is 11.5 Å². The summed E-state index contributed by atoms with van der Waals surface area (Å²) in [5.74, 6) is 1.33. The van der Waals surface area contributed by atoms with E-state index in [2.05, 4.69) is 4.98 Å². The number of aromatic nitrogens is 1. The van der Waals surface area contributed by atoms with Gasteiger partial charge < -0.3 is 10.5 Å². The van der Waals surface area contributed by atoms with Crippen molar-refractivity contribution in [2.75, 3.05) is 6.54 Å². The molecule has 4 heteroatoms. The Labute approximate surface area is 105 Å². The highest BCUT2D eigenvalue weighted by molar-refractivity contribution is 6.32. The first-order chi connectivity index (χ1) is 8.31. The molecule has 0 spiro atoms. The molecule has 0 aliphatic rings. The standard InChI is InChI=1S/C13H13ClN2O/c14-12-5-1-3-10(6-7-15)13(12)17-11-4-2-8-16-9-11/h1-5,8-9H,6-7,15H2. The van der Waals surface area contributed by atoms with E-state index in [0.29, 0.717) is 23.1 Å². The molecule has 17 heavy (non-hydrogen) atoms. The van der Waals surface area contributed by atoms with Gasteiger partial charge in [-0.25, -0.2) is 0 Å². The van der Waals surface area contributed by atoms with Gasteiger partial charge in [0.05, 0.1) is 11.2 Å². The van der Waals surface area contributed by atoms with Crippen LogP contribution >= 0.6 is 11.6 Å². The first-order valence-electron chi connectivity index (χ1n) is 5.36. The van der Waals surface area contributed by atoms with Gasteiger partial charge in [0.2, 0.25) is 0 Å². The fourth-order valence-corrected chi connectivity index (χ4v) is 1.78. The second-order valence-electron chi connectivity index (χ2n) is 3.56. The van der Waals surface area contributed by atoms with Crippen molar-refractivity contribution in [2.24, 2.45) is 5.73 Å². The summed E-state index contributed by atoms with van der Waals surface area (Å²) in [6.07, 6.45) is 4.08. The Morgan fingerprint density at radius 3 is 2.82 bits per heavy atom. The summed E-state index contributed by atoms with van der Waals surface area (Å²) < 4.78 is 5.74. The molecule has 0 radical (unpaired) electrons. The van der Waals surface area contributed by atoms with Crippen molar-refractivity contribution in [3.05, 3.63) is 53.3 Å². The maximum atomic E-state index is 6.13. The topological polar surface area (TPSA) is 48.1 Å². The number of ether oxygens (including phenoxy) is 1. The third-order valence-corrected chi connectivity index (χ3v) is 2.61. The zero-order valence-corrected chi connectivity index (χ0v) is 10.0. The van der Waals surface area contributed by atoms with Crippen LogP contribution in [0.25, 0.3) is 0 Å². The van der Waals surface area contributed by atoms with Crippen LogP contribution in [-0.4, -0.2) is 11.5 Å². The fourth-order valence-electron chi connectivity index (χ4n) is 1.55. The molecular formula is C13H13ClN2O. The molecule has 1 heterocycles. The minimum atomic E-state index is 0.559. The first-order valence-corrected chi connectivity index (χ1v) is 5.74. The molecule has 3 nitrogen and oxygen atoms in total. The van der Waals surface area contributed by atoms with Gasteiger partial charge >= 0.3 is 0 Å². The Balaban J connectivity index is 2.31. The number of halogens is 1. The molecule has 2 N–H and O–H groups in total. The van der Waals surface area contributed by atoms with Crippen LogP contribution in [0.1, 0.15) is 5.56 Å². The van der Waals surface area contributed by atoms with Gasteiger partial charge in [-0.05, 0) is 36.7 Å². The lowest BCUT2D eigenvalue weighted by atomic mass is 10.1. The second-order valence-corrected chi connectivity index (χ2v) is 3.96. The lowest BCUT2D eigenvalue weighted by molar-refractivity contribution is 0.474. The van der Waals surface area contributed by atoms with Crippen LogP contribution in [0.15, 0.2) is 42.7 Å². The van der Waals surface area contributed by atoms with Gasteiger partial charge in [-0.1, -0.05) is 23.7 Å². The minimum absolute atomic E-state index is 0.559. The Kier molecular flexibility index (Phi) is 3.96. The van der Waals surface area contributed by atoms with E-state index in [1.807, 2.05) is 24.3 Å². The molecular weight excluding hydrogens is 236 g/mol. The molecule has 0 aliphatic heterocycles. The van der Waals surface area contributed by atoms with Crippen molar-refractivity contribution in [2.45, 2.75) is 6.42 Å². The lowest BCUT2D eigenvalue weighted by Crippen LogP contribution is -2.04. The van der Waals surface area contributed by atoms with Gasteiger partial charge in [0.25, 0.3) is 0 Å². The summed E-state index contributed by atoms with van der Waals surface area (Å²) in [5, 5.41) is 0.583. The molecule has 88 valence electrons. The molecule has 0 atom stereocenters. The smallest absolute Gasteiger partial charge is 0.149 e. The number of hydrogen-bond acceptors (Lipinski definition) is 3. The van der Waals surface area contributed by atoms with Crippen molar-refractivity contribution < 1.29 is 4.74 Å². The summed E-state index contributed by atoms with van der Waals surface area (Å²) in [6, 6.07) is 9.30. The second kappa shape index (κ2) is 5.66. The normalized spacial score (nSPS) is 10.2. The molecule has 0 aliphatic carbocycles. The van der Waals surface area contributed by atoms with E-state index in [4.69, 9.17) is 22.1 Å². The van der Waals surface area contributed by atoms with E-state index in [9.17, 15) is 0 Å². The van der Waals surface area contributed by atoms with E-state index in [1.165, 1.54) is 0 Å². The quantitative estimate of drug-likeness (QED) is 0.905. The summed E-state index contributed by atoms with van der Waals surface area (Å²) in [4.78, 5) is 3.99. The Morgan fingerprint density at radius 2 is 2.12 bits per heavy atom. The molecule has 2 aromatic rings. The minimum Gasteiger partial charge on any atom is -0.454 e. The van der Waals surface area contributed by atoms with E-state index >= 15 is 0 Å². The van der Waals surface area contributed by atoms with Crippen molar-refractivity contribution in [1.82, 2.24) is 4.98 Å². The molecule has 0 fully saturated rings. The van der Waals surface area contributed by atoms with Gasteiger partial charge in [0.1, 0.15) is 11.5 Å². The maximum Gasteiger partial charge on any atom is 0.149 e. The lowest BCUT2D eigenvalue weighted by Gasteiger charge is -2.11. The fraction of sp³-hybridized carbons (Fsp3) is 0.154. The summed E-state index contributed by atoms with van der Waals surface area (Å²) in [7, 11) is 0. The summed E-state index contributed by atoms with van der Waals surface area (Å²) in [5.41, 5.74) is 6.57. The molecule has 2 rings (SSSR count). The summed E-state index contributed by atoms with van der Waals surface area (Å²) in [6.45, 7) is 0.559. The zero-order valence-electron chi connectivity index (χ0n) is 9.27. The Hall–Kier alpha value is -1.58. The van der Waals surface area contributed by atoms with E-state index in [-0.39, 0.29) is 0 Å². The molecule has 1 aromatic heterocycles.